The normalized spacial score (nSPS) is 21.9. The predicted molar refractivity (Wildman–Crippen MR) is 117 cm³/mol. The number of nitrogens with one attached hydrogen (secondary N) is 1. The lowest BCUT2D eigenvalue weighted by Gasteiger charge is -2.46. The van der Waals surface area contributed by atoms with Gasteiger partial charge in [-0.1, -0.05) is 18.9 Å². The molecule has 1 saturated carbocycles. The minimum absolute atomic E-state index is 0.0981. The van der Waals surface area contributed by atoms with Crippen LogP contribution in [0.5, 0.6) is 0 Å². The number of carboxylic acids is 1. The number of rotatable bonds is 6. The summed E-state index contributed by atoms with van der Waals surface area (Å²) in [5, 5.41) is 10.8. The Hall–Kier alpha value is -2.52. The highest BCUT2D eigenvalue weighted by Crippen LogP contribution is 2.49. The summed E-state index contributed by atoms with van der Waals surface area (Å²) in [6.45, 7) is 2.75. The maximum Gasteiger partial charge on any atom is 0.490 e. The van der Waals surface area contributed by atoms with Crippen LogP contribution in [0.3, 0.4) is 0 Å². The first-order valence-electron chi connectivity index (χ1n) is 11.2. The SMILES string of the molecule is O=C(O)C(F)(F)F.c1ccc([C@]2(CCNCc3ccncc3)CCOC3(CCCC3)C2)nc1. The Kier molecular flexibility index (Phi) is 8.42. The molecule has 0 aromatic carbocycles. The third-order valence-electron chi connectivity index (χ3n) is 6.47. The summed E-state index contributed by atoms with van der Waals surface area (Å²) in [5.74, 6) is -2.76. The Labute approximate surface area is 191 Å². The number of alkyl halides is 3. The minimum Gasteiger partial charge on any atom is -0.475 e. The number of carbonyl (C=O) groups is 1. The molecule has 1 aliphatic heterocycles. The largest absolute Gasteiger partial charge is 0.490 e. The molecule has 4 rings (SSSR count). The van der Waals surface area contributed by atoms with Crippen LogP contribution in [0, 0.1) is 0 Å². The van der Waals surface area contributed by atoms with Crippen LogP contribution in [0.1, 0.15) is 56.2 Å². The van der Waals surface area contributed by atoms with Gasteiger partial charge in [-0.15, -0.1) is 0 Å². The molecule has 1 saturated heterocycles. The first-order chi connectivity index (χ1) is 15.7. The Morgan fingerprint density at radius 1 is 1.09 bits per heavy atom. The fourth-order valence-electron chi connectivity index (χ4n) is 4.86. The molecule has 1 atom stereocenters. The summed E-state index contributed by atoms with van der Waals surface area (Å²) >= 11 is 0. The van der Waals surface area contributed by atoms with Gasteiger partial charge in [-0.2, -0.15) is 13.2 Å². The lowest BCUT2D eigenvalue weighted by molar-refractivity contribution is -0.192. The maximum absolute atomic E-state index is 10.6. The monoisotopic (exact) mass is 465 g/mol. The van der Waals surface area contributed by atoms with Crippen molar-refractivity contribution < 1.29 is 27.8 Å². The van der Waals surface area contributed by atoms with Gasteiger partial charge < -0.3 is 15.2 Å². The quantitative estimate of drug-likeness (QED) is 0.604. The van der Waals surface area contributed by atoms with Crippen molar-refractivity contribution in [1.82, 2.24) is 15.3 Å². The molecule has 2 aromatic rings. The van der Waals surface area contributed by atoms with E-state index in [1.807, 2.05) is 24.7 Å². The zero-order chi connectivity index (χ0) is 23.8. The van der Waals surface area contributed by atoms with E-state index in [-0.39, 0.29) is 11.0 Å². The van der Waals surface area contributed by atoms with Crippen molar-refractivity contribution in [2.45, 2.75) is 68.7 Å². The van der Waals surface area contributed by atoms with E-state index in [4.69, 9.17) is 19.6 Å². The lowest BCUT2D eigenvalue weighted by atomic mass is 9.68. The number of nitrogens with zero attached hydrogens (tertiary/aromatic N) is 2. The van der Waals surface area contributed by atoms with E-state index >= 15 is 0 Å². The molecule has 180 valence electrons. The smallest absolute Gasteiger partial charge is 0.475 e. The van der Waals surface area contributed by atoms with Crippen LogP contribution in [0.4, 0.5) is 13.2 Å². The van der Waals surface area contributed by atoms with Crippen LogP contribution >= 0.6 is 0 Å². The zero-order valence-electron chi connectivity index (χ0n) is 18.5. The summed E-state index contributed by atoms with van der Waals surface area (Å²) in [5.41, 5.74) is 2.77. The molecule has 0 bridgehead atoms. The topological polar surface area (TPSA) is 84.3 Å². The molecule has 0 amide bonds. The fourth-order valence-corrected chi connectivity index (χ4v) is 4.86. The minimum atomic E-state index is -5.08. The van der Waals surface area contributed by atoms with Crippen LogP contribution < -0.4 is 5.32 Å². The number of hydrogen-bond acceptors (Lipinski definition) is 5. The molecule has 2 N–H and O–H groups in total. The Bertz CT molecular complexity index is 875. The second-order valence-electron chi connectivity index (χ2n) is 8.75. The first-order valence-corrected chi connectivity index (χ1v) is 11.2. The van der Waals surface area contributed by atoms with Gasteiger partial charge in [-0.05, 0) is 68.5 Å². The van der Waals surface area contributed by atoms with Gasteiger partial charge >= 0.3 is 12.1 Å². The van der Waals surface area contributed by atoms with E-state index in [1.54, 1.807) is 0 Å². The number of ether oxygens (including phenoxy) is 1. The van der Waals surface area contributed by atoms with Gasteiger partial charge in [0.25, 0.3) is 0 Å². The third kappa shape index (κ3) is 6.98. The number of aliphatic carboxylic acids is 1. The van der Waals surface area contributed by atoms with Crippen LogP contribution in [-0.4, -0.2) is 46.0 Å². The van der Waals surface area contributed by atoms with Gasteiger partial charge in [0, 0.05) is 42.9 Å². The van der Waals surface area contributed by atoms with Crippen LogP contribution in [0.25, 0.3) is 0 Å². The molecule has 6 nitrogen and oxygen atoms in total. The Morgan fingerprint density at radius 2 is 1.79 bits per heavy atom. The number of halogens is 3. The first kappa shape index (κ1) is 25.1. The van der Waals surface area contributed by atoms with Gasteiger partial charge in [0.2, 0.25) is 0 Å². The van der Waals surface area contributed by atoms with Crippen LogP contribution in [-0.2, 0) is 21.5 Å². The van der Waals surface area contributed by atoms with E-state index in [0.717, 1.165) is 39.0 Å². The van der Waals surface area contributed by atoms with Gasteiger partial charge in [0.1, 0.15) is 0 Å². The standard InChI is InChI=1S/C22H29N3O.C2HF3O2/c1-4-12-25-20(5-1)21(10-15-24-17-19-6-13-23-14-7-19)11-16-26-22(18-21)8-2-3-9-22;3-2(4,5)1(6)7/h1,4-7,12-14,24H,2-3,8-11,15-18H2;(H,6,7)/t21-;/m1./s1. The molecule has 9 heteroatoms. The highest BCUT2D eigenvalue weighted by Gasteiger charge is 2.48. The molecule has 33 heavy (non-hydrogen) atoms. The number of carboxylic acid groups (broad SMARTS) is 1. The van der Waals surface area contributed by atoms with Crippen molar-refractivity contribution in [1.29, 1.82) is 0 Å². The van der Waals surface area contributed by atoms with Crippen molar-refractivity contribution in [3.8, 4) is 0 Å². The van der Waals surface area contributed by atoms with Gasteiger partial charge in [0.15, 0.2) is 0 Å². The molecule has 2 aliphatic rings. The third-order valence-corrected chi connectivity index (χ3v) is 6.47. The molecule has 1 aliphatic carbocycles. The van der Waals surface area contributed by atoms with Gasteiger partial charge in [0.05, 0.1) is 5.60 Å². The summed E-state index contributed by atoms with van der Waals surface area (Å²) in [4.78, 5) is 17.8. The van der Waals surface area contributed by atoms with E-state index in [2.05, 4.69) is 34.6 Å². The summed E-state index contributed by atoms with van der Waals surface area (Å²) in [6, 6.07) is 10.5. The number of hydrogen-bond donors (Lipinski definition) is 2. The van der Waals surface area contributed by atoms with Crippen LogP contribution in [0.15, 0.2) is 48.9 Å². The molecule has 2 fully saturated rings. The average molecular weight is 466 g/mol. The summed E-state index contributed by atoms with van der Waals surface area (Å²) in [6.07, 6.45) is 8.91. The van der Waals surface area contributed by atoms with Crippen LogP contribution in [0.2, 0.25) is 0 Å². The number of pyridine rings is 2. The lowest BCUT2D eigenvalue weighted by Crippen LogP contribution is -2.47. The van der Waals surface area contributed by atoms with Crippen molar-refractivity contribution >= 4 is 5.97 Å². The van der Waals surface area contributed by atoms with E-state index in [1.165, 1.54) is 36.9 Å². The average Bonchev–Trinajstić information content (AvgIpc) is 3.25. The summed E-state index contributed by atoms with van der Waals surface area (Å²) in [7, 11) is 0. The van der Waals surface area contributed by atoms with Crippen molar-refractivity contribution in [3.63, 3.8) is 0 Å². The Morgan fingerprint density at radius 3 is 2.39 bits per heavy atom. The van der Waals surface area contributed by atoms with Gasteiger partial charge in [-0.25, -0.2) is 4.79 Å². The fraction of sp³-hybridized carbons (Fsp3) is 0.542. The second kappa shape index (κ2) is 11.1. The highest BCUT2D eigenvalue weighted by molar-refractivity contribution is 5.73. The summed E-state index contributed by atoms with van der Waals surface area (Å²) < 4.78 is 38.1. The molecule has 1 spiro atoms. The second-order valence-corrected chi connectivity index (χ2v) is 8.75. The molecular weight excluding hydrogens is 435 g/mol. The molecule has 0 radical (unpaired) electrons. The predicted octanol–water partition coefficient (Wildman–Crippen LogP) is 4.65. The maximum atomic E-state index is 10.6. The van der Waals surface area contributed by atoms with E-state index < -0.39 is 12.1 Å². The molecule has 2 aromatic heterocycles. The zero-order valence-corrected chi connectivity index (χ0v) is 18.5. The molecule has 0 unspecified atom stereocenters. The van der Waals surface area contributed by atoms with E-state index in [0.29, 0.717) is 0 Å². The highest BCUT2D eigenvalue weighted by atomic mass is 19.4. The number of aromatic nitrogens is 2. The Balaban J connectivity index is 0.000000383. The van der Waals surface area contributed by atoms with E-state index in [9.17, 15) is 13.2 Å². The molecule has 3 heterocycles. The van der Waals surface area contributed by atoms with Crippen molar-refractivity contribution in [2.24, 2.45) is 0 Å². The van der Waals surface area contributed by atoms with Crippen molar-refractivity contribution in [2.75, 3.05) is 13.2 Å². The molecular formula is C24H30F3N3O3. The van der Waals surface area contributed by atoms with Gasteiger partial charge in [-0.3, -0.25) is 9.97 Å². The van der Waals surface area contributed by atoms with Crippen molar-refractivity contribution in [3.05, 3.63) is 60.2 Å².